The molecule has 0 spiro atoms. The molecule has 1 rings (SSSR count). The highest BCUT2D eigenvalue weighted by Crippen LogP contribution is 2.24. The molecule has 0 aromatic heterocycles. The Morgan fingerprint density at radius 2 is 1.86 bits per heavy atom. The highest BCUT2D eigenvalue weighted by Gasteiger charge is 2.49. The van der Waals surface area contributed by atoms with Crippen molar-refractivity contribution in [3.8, 4) is 0 Å². The van der Waals surface area contributed by atoms with E-state index in [2.05, 4.69) is 5.32 Å². The van der Waals surface area contributed by atoms with Crippen LogP contribution in [0.3, 0.4) is 0 Å². The van der Waals surface area contributed by atoms with E-state index in [4.69, 9.17) is 5.11 Å². The highest BCUT2D eigenvalue weighted by atomic mass is 16.4. The van der Waals surface area contributed by atoms with Crippen LogP contribution in [0.25, 0.3) is 0 Å². The average molecular weight is 299 g/mol. The predicted octanol–water partition coefficient (Wildman–Crippen LogP) is 0.0285. The molecule has 1 aliphatic rings. The minimum Gasteiger partial charge on any atom is -0.480 e. The van der Waals surface area contributed by atoms with E-state index in [0.717, 1.165) is 9.80 Å². The molecule has 0 aromatic carbocycles. The van der Waals surface area contributed by atoms with Crippen molar-refractivity contribution < 1.29 is 24.3 Å². The molecule has 0 radical (unpaired) electrons. The zero-order chi connectivity index (χ0) is 16.4. The number of likely N-dealkylation sites (N-methyl/N-ethyl adjacent to an activating group) is 1. The number of urea groups is 1. The molecule has 8 nitrogen and oxygen atoms in total. The van der Waals surface area contributed by atoms with Crippen LogP contribution in [0, 0.1) is 0 Å². The van der Waals surface area contributed by atoms with Crippen LogP contribution in [-0.2, 0) is 14.4 Å². The Morgan fingerprint density at radius 3 is 2.24 bits per heavy atom. The van der Waals surface area contributed by atoms with Gasteiger partial charge in [-0.05, 0) is 19.8 Å². The number of rotatable bonds is 6. The van der Waals surface area contributed by atoms with E-state index in [1.807, 2.05) is 0 Å². The van der Waals surface area contributed by atoms with Crippen molar-refractivity contribution in [3.63, 3.8) is 0 Å². The van der Waals surface area contributed by atoms with Gasteiger partial charge in [-0.25, -0.2) is 9.59 Å². The molecule has 1 saturated heterocycles. The van der Waals surface area contributed by atoms with E-state index < -0.39 is 41.9 Å². The van der Waals surface area contributed by atoms with Gasteiger partial charge in [0.15, 0.2) is 0 Å². The Labute approximate surface area is 123 Å². The van der Waals surface area contributed by atoms with Crippen LogP contribution in [0.4, 0.5) is 4.79 Å². The second-order valence-electron chi connectivity index (χ2n) is 5.13. The molecule has 0 saturated carbocycles. The van der Waals surface area contributed by atoms with E-state index in [1.54, 1.807) is 13.8 Å². The molecule has 0 aliphatic carbocycles. The third-order valence-corrected chi connectivity index (χ3v) is 4.08. The average Bonchev–Trinajstić information content (AvgIpc) is 2.69. The lowest BCUT2D eigenvalue weighted by molar-refractivity contribution is -0.149. The Balaban J connectivity index is 2.84. The summed E-state index contributed by atoms with van der Waals surface area (Å²) in [6, 6.07) is -1.64. The molecule has 1 unspecified atom stereocenters. The van der Waals surface area contributed by atoms with Crippen molar-refractivity contribution >= 4 is 23.8 Å². The van der Waals surface area contributed by atoms with Gasteiger partial charge >= 0.3 is 12.0 Å². The Morgan fingerprint density at radius 1 is 1.33 bits per heavy atom. The summed E-state index contributed by atoms with van der Waals surface area (Å²) in [6.45, 7) is 4.46. The van der Waals surface area contributed by atoms with E-state index in [0.29, 0.717) is 12.8 Å². The second kappa shape index (κ2) is 6.11. The van der Waals surface area contributed by atoms with E-state index in [9.17, 15) is 19.2 Å². The molecule has 8 heteroatoms. The molecule has 1 aliphatic heterocycles. The molecule has 1 atom stereocenters. The van der Waals surface area contributed by atoms with E-state index in [1.165, 1.54) is 14.0 Å². The summed E-state index contributed by atoms with van der Waals surface area (Å²) in [5, 5.41) is 11.5. The zero-order valence-corrected chi connectivity index (χ0v) is 12.7. The molecule has 21 heavy (non-hydrogen) atoms. The number of hydrogen-bond acceptors (Lipinski definition) is 4. The Kier molecular flexibility index (Phi) is 4.93. The van der Waals surface area contributed by atoms with Crippen molar-refractivity contribution in [2.45, 2.75) is 45.2 Å². The van der Waals surface area contributed by atoms with Crippen molar-refractivity contribution in [1.29, 1.82) is 0 Å². The fourth-order valence-electron chi connectivity index (χ4n) is 2.18. The number of carboxylic acids is 1. The number of hydrogen-bond donors (Lipinski definition) is 2. The number of amides is 4. The molecule has 1 fully saturated rings. The van der Waals surface area contributed by atoms with Gasteiger partial charge in [-0.3, -0.25) is 14.5 Å². The molecule has 2 N–H and O–H groups in total. The lowest BCUT2D eigenvalue weighted by Crippen LogP contribution is -2.48. The topological polar surface area (TPSA) is 107 Å². The lowest BCUT2D eigenvalue weighted by Gasteiger charge is -2.25. The quantitative estimate of drug-likeness (QED) is 0.673. The number of aliphatic carboxylic acids is 1. The number of carbonyl (C=O) groups is 4. The van der Waals surface area contributed by atoms with Crippen molar-refractivity contribution in [3.05, 3.63) is 0 Å². The van der Waals surface area contributed by atoms with Crippen molar-refractivity contribution in [2.75, 3.05) is 13.6 Å². The molecule has 118 valence electrons. The largest absolute Gasteiger partial charge is 0.480 e. The maximum atomic E-state index is 12.3. The predicted molar refractivity (Wildman–Crippen MR) is 73.4 cm³/mol. The normalized spacial score (nSPS) is 18.4. The van der Waals surface area contributed by atoms with Gasteiger partial charge in [0.1, 0.15) is 18.1 Å². The second-order valence-corrected chi connectivity index (χ2v) is 5.13. The maximum Gasteiger partial charge on any atom is 0.326 e. The minimum absolute atomic E-state index is 0.431. The van der Waals surface area contributed by atoms with Gasteiger partial charge in [0.25, 0.3) is 5.91 Å². The summed E-state index contributed by atoms with van der Waals surface area (Å²) in [4.78, 5) is 48.9. The van der Waals surface area contributed by atoms with Crippen LogP contribution >= 0.6 is 0 Å². The summed E-state index contributed by atoms with van der Waals surface area (Å²) in [5.74, 6) is -2.20. The van der Waals surface area contributed by atoms with Gasteiger partial charge in [-0.15, -0.1) is 0 Å². The molecular weight excluding hydrogens is 278 g/mol. The Hall–Kier alpha value is -2.12. The van der Waals surface area contributed by atoms with Gasteiger partial charge in [0.2, 0.25) is 5.91 Å². The monoisotopic (exact) mass is 299 g/mol. The molecular formula is C13H21N3O5. The first-order valence-corrected chi connectivity index (χ1v) is 6.82. The standard InChI is InChI=1S/C13H21N3O5/c1-5-13(6-2)11(20)16(12(21)14-13)7-9(17)15(4)8(3)10(18)19/h8H,5-7H2,1-4H3,(H,14,21)(H,18,19). The van der Waals surface area contributed by atoms with Crippen molar-refractivity contribution in [1.82, 2.24) is 15.1 Å². The zero-order valence-electron chi connectivity index (χ0n) is 12.7. The number of nitrogens with one attached hydrogen (secondary N) is 1. The first kappa shape index (κ1) is 16.9. The maximum absolute atomic E-state index is 12.3. The molecule has 4 amide bonds. The first-order chi connectivity index (χ1) is 9.70. The fraction of sp³-hybridized carbons (Fsp3) is 0.692. The van der Waals surface area contributed by atoms with Gasteiger partial charge in [0.05, 0.1) is 0 Å². The lowest BCUT2D eigenvalue weighted by atomic mass is 9.93. The van der Waals surface area contributed by atoms with Crippen LogP contribution < -0.4 is 5.32 Å². The van der Waals surface area contributed by atoms with Gasteiger partial charge in [0, 0.05) is 7.05 Å². The van der Waals surface area contributed by atoms with Crippen LogP contribution in [0.15, 0.2) is 0 Å². The van der Waals surface area contributed by atoms with Crippen molar-refractivity contribution in [2.24, 2.45) is 0 Å². The molecule has 1 heterocycles. The van der Waals surface area contributed by atoms with Gasteiger partial charge in [-0.2, -0.15) is 0 Å². The summed E-state index contributed by atoms with van der Waals surface area (Å²) in [7, 11) is 1.33. The van der Waals surface area contributed by atoms with Gasteiger partial charge < -0.3 is 15.3 Å². The molecule has 0 bridgehead atoms. The smallest absolute Gasteiger partial charge is 0.326 e. The SMILES string of the molecule is CCC1(CC)NC(=O)N(CC(=O)N(C)C(C)C(=O)O)C1=O. The summed E-state index contributed by atoms with van der Waals surface area (Å²) < 4.78 is 0. The number of carboxylic acid groups (broad SMARTS) is 1. The fourth-order valence-corrected chi connectivity index (χ4v) is 2.18. The van der Waals surface area contributed by atoms with Crippen LogP contribution in [0.2, 0.25) is 0 Å². The minimum atomic E-state index is -1.15. The van der Waals surface area contributed by atoms with E-state index >= 15 is 0 Å². The first-order valence-electron chi connectivity index (χ1n) is 6.82. The Bertz CT molecular complexity index is 472. The summed E-state index contributed by atoms with van der Waals surface area (Å²) >= 11 is 0. The van der Waals surface area contributed by atoms with E-state index in [-0.39, 0.29) is 0 Å². The van der Waals surface area contributed by atoms with Crippen LogP contribution in [0.5, 0.6) is 0 Å². The molecule has 0 aromatic rings. The third kappa shape index (κ3) is 2.98. The van der Waals surface area contributed by atoms with Gasteiger partial charge in [-0.1, -0.05) is 13.8 Å². The highest BCUT2D eigenvalue weighted by molar-refractivity contribution is 6.09. The third-order valence-electron chi connectivity index (χ3n) is 4.08. The number of nitrogens with zero attached hydrogens (tertiary/aromatic N) is 2. The number of imide groups is 1. The summed E-state index contributed by atoms with van der Waals surface area (Å²) in [5.41, 5.74) is -0.964. The van der Waals surface area contributed by atoms with Crippen LogP contribution in [0.1, 0.15) is 33.6 Å². The number of carbonyl (C=O) groups excluding carboxylic acids is 3. The summed E-state index contributed by atoms with van der Waals surface area (Å²) in [6.07, 6.45) is 0.861. The van der Waals surface area contributed by atoms with Crippen LogP contribution in [-0.4, -0.2) is 63.9 Å².